The highest BCUT2D eigenvalue weighted by Crippen LogP contribution is 2.19. The second-order valence-corrected chi connectivity index (χ2v) is 6.12. The summed E-state index contributed by atoms with van der Waals surface area (Å²) in [6.45, 7) is 7.19. The molecule has 0 saturated carbocycles. The Kier molecular flexibility index (Phi) is 5.02. The zero-order chi connectivity index (χ0) is 15.3. The molecule has 2 aromatic rings. The van der Waals surface area contributed by atoms with Gasteiger partial charge in [0.2, 0.25) is 0 Å². The molecule has 0 amide bonds. The minimum atomic E-state index is -0.112. The minimum Gasteiger partial charge on any atom is -0.382 e. The summed E-state index contributed by atoms with van der Waals surface area (Å²) in [5, 5.41) is 7.78. The van der Waals surface area contributed by atoms with Crippen LogP contribution in [0.15, 0.2) is 42.7 Å². The topological polar surface area (TPSA) is 39.1 Å². The van der Waals surface area contributed by atoms with Crippen molar-refractivity contribution in [3.8, 4) is 0 Å². The van der Waals surface area contributed by atoms with E-state index in [1.165, 1.54) is 5.56 Å². The summed E-state index contributed by atoms with van der Waals surface area (Å²) in [4.78, 5) is 0. The molecule has 0 saturated heterocycles. The van der Waals surface area contributed by atoms with Gasteiger partial charge in [0.15, 0.2) is 0 Å². The Bertz CT molecular complexity index is 549. The Balaban J connectivity index is 1.97. The van der Waals surface area contributed by atoms with Crippen molar-refractivity contribution in [1.29, 1.82) is 0 Å². The van der Waals surface area contributed by atoms with Crippen LogP contribution in [-0.4, -0.2) is 28.5 Å². The summed E-state index contributed by atoms with van der Waals surface area (Å²) >= 11 is 0. The van der Waals surface area contributed by atoms with Crippen LogP contribution >= 0.6 is 0 Å². The Labute approximate surface area is 127 Å². The largest absolute Gasteiger partial charge is 0.382 e. The number of rotatable bonds is 7. The van der Waals surface area contributed by atoms with Gasteiger partial charge < -0.3 is 10.1 Å². The first kappa shape index (κ1) is 15.6. The summed E-state index contributed by atoms with van der Waals surface area (Å²) in [7, 11) is 1.76. The highest BCUT2D eigenvalue weighted by Gasteiger charge is 2.19. The molecule has 21 heavy (non-hydrogen) atoms. The van der Waals surface area contributed by atoms with E-state index in [1.54, 1.807) is 13.3 Å². The molecule has 0 fully saturated rings. The van der Waals surface area contributed by atoms with Crippen LogP contribution in [0.2, 0.25) is 0 Å². The van der Waals surface area contributed by atoms with Gasteiger partial charge in [0, 0.05) is 31.2 Å². The Morgan fingerprint density at radius 3 is 2.81 bits per heavy atom. The van der Waals surface area contributed by atoms with Gasteiger partial charge in [-0.15, -0.1) is 0 Å². The van der Waals surface area contributed by atoms with Crippen LogP contribution in [0.4, 0.5) is 5.69 Å². The predicted molar refractivity (Wildman–Crippen MR) is 86.6 cm³/mol. The van der Waals surface area contributed by atoms with Crippen molar-refractivity contribution in [3.63, 3.8) is 0 Å². The maximum absolute atomic E-state index is 5.49. The van der Waals surface area contributed by atoms with Crippen molar-refractivity contribution in [2.24, 2.45) is 0 Å². The van der Waals surface area contributed by atoms with E-state index in [-0.39, 0.29) is 5.60 Å². The van der Waals surface area contributed by atoms with Gasteiger partial charge in [-0.1, -0.05) is 12.1 Å². The molecule has 1 aromatic heterocycles. The first-order chi connectivity index (χ1) is 9.98. The zero-order valence-corrected chi connectivity index (χ0v) is 13.3. The van der Waals surface area contributed by atoms with E-state index in [0.29, 0.717) is 6.04 Å². The Hall–Kier alpha value is -1.81. The lowest BCUT2D eigenvalue weighted by atomic mass is 9.99. The smallest absolute Gasteiger partial charge is 0.0660 e. The number of methoxy groups -OCH3 is 1. The van der Waals surface area contributed by atoms with E-state index in [4.69, 9.17) is 4.74 Å². The monoisotopic (exact) mass is 287 g/mol. The SMILES string of the molecule is COC(C)(C)CC(C)Nc1cccc(Cn2cccn2)c1. The van der Waals surface area contributed by atoms with Gasteiger partial charge in [-0.3, -0.25) is 4.68 Å². The van der Waals surface area contributed by atoms with Crippen LogP contribution < -0.4 is 5.32 Å². The first-order valence-electron chi connectivity index (χ1n) is 7.36. The van der Waals surface area contributed by atoms with E-state index in [0.717, 1.165) is 18.7 Å². The average molecular weight is 287 g/mol. The number of nitrogens with one attached hydrogen (secondary N) is 1. The van der Waals surface area contributed by atoms with Crippen molar-refractivity contribution in [3.05, 3.63) is 48.3 Å². The van der Waals surface area contributed by atoms with Gasteiger partial charge >= 0.3 is 0 Å². The first-order valence-corrected chi connectivity index (χ1v) is 7.36. The molecule has 1 atom stereocenters. The van der Waals surface area contributed by atoms with Gasteiger partial charge in [0.25, 0.3) is 0 Å². The molecule has 0 spiro atoms. The van der Waals surface area contributed by atoms with Crippen LogP contribution in [0.3, 0.4) is 0 Å². The molecule has 0 radical (unpaired) electrons. The molecule has 0 aliphatic heterocycles. The fourth-order valence-electron chi connectivity index (χ4n) is 2.50. The summed E-state index contributed by atoms with van der Waals surface area (Å²) in [6, 6.07) is 10.8. The third kappa shape index (κ3) is 4.90. The summed E-state index contributed by atoms with van der Waals surface area (Å²) in [5.41, 5.74) is 2.26. The van der Waals surface area contributed by atoms with Crippen LogP contribution in [0.5, 0.6) is 0 Å². The molecule has 0 aliphatic rings. The summed E-state index contributed by atoms with van der Waals surface area (Å²) < 4.78 is 7.42. The van der Waals surface area contributed by atoms with Gasteiger partial charge in [-0.2, -0.15) is 5.10 Å². The number of aromatic nitrogens is 2. The maximum atomic E-state index is 5.49. The summed E-state index contributed by atoms with van der Waals surface area (Å²) in [6.07, 6.45) is 4.73. The molecular weight excluding hydrogens is 262 g/mol. The average Bonchev–Trinajstić information content (AvgIpc) is 2.91. The van der Waals surface area contributed by atoms with Crippen molar-refractivity contribution in [1.82, 2.24) is 9.78 Å². The molecule has 0 bridgehead atoms. The fraction of sp³-hybridized carbons (Fsp3) is 0.471. The van der Waals surface area contributed by atoms with Gasteiger partial charge in [-0.05, 0) is 51.0 Å². The molecule has 1 heterocycles. The lowest BCUT2D eigenvalue weighted by molar-refractivity contribution is 0.0128. The lowest BCUT2D eigenvalue weighted by Gasteiger charge is -2.27. The van der Waals surface area contributed by atoms with Crippen LogP contribution in [0.25, 0.3) is 0 Å². The fourth-order valence-corrected chi connectivity index (χ4v) is 2.50. The quantitative estimate of drug-likeness (QED) is 0.846. The second kappa shape index (κ2) is 6.76. The van der Waals surface area contributed by atoms with E-state index in [2.05, 4.69) is 55.5 Å². The number of ether oxygens (including phenoxy) is 1. The normalized spacial score (nSPS) is 13.1. The minimum absolute atomic E-state index is 0.112. The predicted octanol–water partition coefficient (Wildman–Crippen LogP) is 3.55. The molecule has 1 unspecified atom stereocenters. The van der Waals surface area contributed by atoms with Gasteiger partial charge in [-0.25, -0.2) is 0 Å². The number of benzene rings is 1. The molecule has 0 aliphatic carbocycles. The van der Waals surface area contributed by atoms with Crippen LogP contribution in [0, 0.1) is 0 Å². The highest BCUT2D eigenvalue weighted by atomic mass is 16.5. The molecule has 114 valence electrons. The number of nitrogens with zero attached hydrogens (tertiary/aromatic N) is 2. The third-order valence-electron chi connectivity index (χ3n) is 3.59. The maximum Gasteiger partial charge on any atom is 0.0660 e. The van der Waals surface area contributed by atoms with E-state index in [9.17, 15) is 0 Å². The molecule has 1 N–H and O–H groups in total. The molecule has 4 nitrogen and oxygen atoms in total. The van der Waals surface area contributed by atoms with Gasteiger partial charge in [0.1, 0.15) is 0 Å². The van der Waals surface area contributed by atoms with E-state index in [1.807, 2.05) is 16.9 Å². The number of anilines is 1. The van der Waals surface area contributed by atoms with Crippen molar-refractivity contribution in [2.45, 2.75) is 45.4 Å². The molecule has 2 rings (SSSR count). The number of hydrogen-bond acceptors (Lipinski definition) is 3. The standard InChI is InChI=1S/C17H25N3O/c1-14(12-17(2,3)21-4)19-16-8-5-7-15(11-16)13-20-10-6-9-18-20/h5-11,14,19H,12-13H2,1-4H3. The third-order valence-corrected chi connectivity index (χ3v) is 3.59. The molecule has 1 aromatic carbocycles. The van der Waals surface area contributed by atoms with Crippen LogP contribution in [0.1, 0.15) is 32.8 Å². The lowest BCUT2D eigenvalue weighted by Crippen LogP contribution is -2.31. The van der Waals surface area contributed by atoms with Crippen molar-refractivity contribution in [2.75, 3.05) is 12.4 Å². The molecular formula is C17H25N3O. The van der Waals surface area contributed by atoms with Crippen molar-refractivity contribution < 1.29 is 4.74 Å². The Morgan fingerprint density at radius 2 is 2.14 bits per heavy atom. The van der Waals surface area contributed by atoms with E-state index < -0.39 is 0 Å². The van der Waals surface area contributed by atoms with Crippen molar-refractivity contribution >= 4 is 5.69 Å². The Morgan fingerprint density at radius 1 is 1.33 bits per heavy atom. The van der Waals surface area contributed by atoms with Crippen LogP contribution in [-0.2, 0) is 11.3 Å². The highest BCUT2D eigenvalue weighted by molar-refractivity contribution is 5.46. The molecule has 4 heteroatoms. The van der Waals surface area contributed by atoms with Gasteiger partial charge in [0.05, 0.1) is 12.1 Å². The zero-order valence-electron chi connectivity index (χ0n) is 13.3. The number of hydrogen-bond donors (Lipinski definition) is 1. The summed E-state index contributed by atoms with van der Waals surface area (Å²) in [5.74, 6) is 0. The van der Waals surface area contributed by atoms with E-state index >= 15 is 0 Å². The second-order valence-electron chi connectivity index (χ2n) is 6.12.